The Morgan fingerprint density at radius 3 is 2.31 bits per heavy atom. The highest BCUT2D eigenvalue weighted by Gasteiger charge is 2.34. The smallest absolute Gasteiger partial charge is 0.135 e. The molecular formula is C11H25N2+. The Hall–Kier alpha value is -0.0800. The number of hydrogen-bond acceptors (Lipinski definition) is 1. The third-order valence-electron chi connectivity index (χ3n) is 3.75. The standard InChI is InChI=1S/C11H25N2/c1-6-13(5)8-7-12(9-13)11(4)10(2)3/h10-11H,6-9H2,1-5H3/q+1/t11?,13-/m1/s1. The van der Waals surface area contributed by atoms with E-state index in [0.29, 0.717) is 0 Å². The largest absolute Gasteiger partial charge is 0.313 e. The van der Waals surface area contributed by atoms with Crippen LogP contribution in [0.4, 0.5) is 0 Å². The minimum absolute atomic E-state index is 0.742. The monoisotopic (exact) mass is 185 g/mol. The average Bonchev–Trinajstić information content (AvgIpc) is 2.47. The topological polar surface area (TPSA) is 3.24 Å². The Labute approximate surface area is 83.1 Å². The molecular weight excluding hydrogens is 160 g/mol. The van der Waals surface area contributed by atoms with Gasteiger partial charge in [0.1, 0.15) is 6.67 Å². The van der Waals surface area contributed by atoms with Crippen molar-refractivity contribution in [3.05, 3.63) is 0 Å². The van der Waals surface area contributed by atoms with Crippen molar-refractivity contribution in [3.8, 4) is 0 Å². The van der Waals surface area contributed by atoms with Crippen molar-refractivity contribution in [3.63, 3.8) is 0 Å². The fourth-order valence-electron chi connectivity index (χ4n) is 1.96. The van der Waals surface area contributed by atoms with Gasteiger partial charge in [-0.15, -0.1) is 0 Å². The van der Waals surface area contributed by atoms with Gasteiger partial charge in [-0.05, 0) is 19.8 Å². The molecule has 1 aliphatic rings. The molecule has 78 valence electrons. The van der Waals surface area contributed by atoms with Gasteiger partial charge in [-0.2, -0.15) is 0 Å². The molecule has 0 N–H and O–H groups in total. The predicted molar refractivity (Wildman–Crippen MR) is 57.5 cm³/mol. The molecule has 1 aliphatic heterocycles. The molecule has 1 heterocycles. The fraction of sp³-hybridized carbons (Fsp3) is 1.00. The Bertz CT molecular complexity index is 167. The normalized spacial score (nSPS) is 32.8. The molecule has 0 aliphatic carbocycles. The molecule has 2 heteroatoms. The molecule has 0 aromatic heterocycles. The van der Waals surface area contributed by atoms with Crippen molar-refractivity contribution in [1.29, 1.82) is 0 Å². The zero-order valence-electron chi connectivity index (χ0n) is 9.88. The summed E-state index contributed by atoms with van der Waals surface area (Å²) in [7, 11) is 2.37. The summed E-state index contributed by atoms with van der Waals surface area (Å²) >= 11 is 0. The molecule has 2 nitrogen and oxygen atoms in total. The zero-order valence-corrected chi connectivity index (χ0v) is 9.88. The Morgan fingerprint density at radius 1 is 1.31 bits per heavy atom. The van der Waals surface area contributed by atoms with Crippen LogP contribution in [0.15, 0.2) is 0 Å². The lowest BCUT2D eigenvalue weighted by Gasteiger charge is -2.30. The highest BCUT2D eigenvalue weighted by atomic mass is 15.5. The molecule has 0 radical (unpaired) electrons. The van der Waals surface area contributed by atoms with Crippen LogP contribution in [0.3, 0.4) is 0 Å². The van der Waals surface area contributed by atoms with Crippen LogP contribution in [-0.2, 0) is 0 Å². The van der Waals surface area contributed by atoms with Crippen LogP contribution in [0.5, 0.6) is 0 Å². The molecule has 2 atom stereocenters. The van der Waals surface area contributed by atoms with Crippen molar-refractivity contribution in [2.45, 2.75) is 33.7 Å². The van der Waals surface area contributed by atoms with Crippen molar-refractivity contribution in [2.75, 3.05) is 33.4 Å². The summed E-state index contributed by atoms with van der Waals surface area (Å²) in [5, 5.41) is 0. The van der Waals surface area contributed by atoms with E-state index in [-0.39, 0.29) is 0 Å². The van der Waals surface area contributed by atoms with E-state index in [0.717, 1.165) is 12.0 Å². The van der Waals surface area contributed by atoms with Crippen LogP contribution < -0.4 is 0 Å². The minimum atomic E-state index is 0.742. The van der Waals surface area contributed by atoms with Gasteiger partial charge < -0.3 is 4.48 Å². The number of nitrogens with zero attached hydrogens (tertiary/aromatic N) is 2. The van der Waals surface area contributed by atoms with Gasteiger partial charge >= 0.3 is 0 Å². The summed E-state index contributed by atoms with van der Waals surface area (Å²) in [6, 6.07) is 0.742. The molecule has 0 bridgehead atoms. The van der Waals surface area contributed by atoms with Gasteiger partial charge in [0, 0.05) is 6.04 Å². The van der Waals surface area contributed by atoms with Gasteiger partial charge in [-0.25, -0.2) is 4.90 Å². The van der Waals surface area contributed by atoms with Crippen LogP contribution in [0.25, 0.3) is 0 Å². The van der Waals surface area contributed by atoms with Gasteiger partial charge in [0.25, 0.3) is 0 Å². The summed E-state index contributed by atoms with van der Waals surface area (Å²) in [6.07, 6.45) is 0. The molecule has 0 spiro atoms. The molecule has 0 amide bonds. The molecule has 1 saturated heterocycles. The molecule has 0 aromatic rings. The number of hydrogen-bond donors (Lipinski definition) is 0. The minimum Gasteiger partial charge on any atom is -0.313 e. The lowest BCUT2D eigenvalue weighted by molar-refractivity contribution is -0.900. The number of rotatable bonds is 3. The summed E-state index contributed by atoms with van der Waals surface area (Å²) in [5.74, 6) is 0.781. The molecule has 1 fully saturated rings. The SMILES string of the molecule is CC[N@+]1(C)CCN(C(C)C(C)C)C1. The van der Waals surface area contributed by atoms with Crippen LogP contribution in [0.1, 0.15) is 27.7 Å². The molecule has 13 heavy (non-hydrogen) atoms. The third-order valence-corrected chi connectivity index (χ3v) is 3.75. The second-order valence-electron chi connectivity index (χ2n) is 5.10. The first kappa shape index (κ1) is 11.0. The van der Waals surface area contributed by atoms with Crippen molar-refractivity contribution >= 4 is 0 Å². The summed E-state index contributed by atoms with van der Waals surface area (Å²) in [4.78, 5) is 2.63. The van der Waals surface area contributed by atoms with E-state index in [9.17, 15) is 0 Å². The first-order valence-electron chi connectivity index (χ1n) is 5.56. The molecule has 0 aromatic carbocycles. The molecule has 1 unspecified atom stereocenters. The second-order valence-corrected chi connectivity index (χ2v) is 5.10. The van der Waals surface area contributed by atoms with Crippen LogP contribution in [0.2, 0.25) is 0 Å². The predicted octanol–water partition coefficient (Wildman–Crippen LogP) is 1.77. The first-order chi connectivity index (χ1) is 5.98. The maximum Gasteiger partial charge on any atom is 0.135 e. The Balaban J connectivity index is 2.49. The average molecular weight is 185 g/mol. The number of likely N-dealkylation sites (N-methyl/N-ethyl adjacent to an activating group) is 1. The van der Waals surface area contributed by atoms with E-state index < -0.39 is 0 Å². The first-order valence-corrected chi connectivity index (χ1v) is 5.56. The molecule has 1 rings (SSSR count). The second kappa shape index (κ2) is 3.97. The third kappa shape index (κ3) is 2.44. The van der Waals surface area contributed by atoms with E-state index >= 15 is 0 Å². The molecule has 0 saturated carbocycles. The highest BCUT2D eigenvalue weighted by molar-refractivity contribution is 4.71. The fourth-order valence-corrected chi connectivity index (χ4v) is 1.96. The van der Waals surface area contributed by atoms with Crippen molar-refractivity contribution in [2.24, 2.45) is 5.92 Å². The Kier molecular flexibility index (Phi) is 3.36. The van der Waals surface area contributed by atoms with E-state index in [4.69, 9.17) is 0 Å². The van der Waals surface area contributed by atoms with Gasteiger partial charge in [-0.1, -0.05) is 13.8 Å². The van der Waals surface area contributed by atoms with E-state index in [2.05, 4.69) is 39.6 Å². The van der Waals surface area contributed by atoms with E-state index in [1.807, 2.05) is 0 Å². The lowest BCUT2D eigenvalue weighted by atomic mass is 10.1. The lowest BCUT2D eigenvalue weighted by Crippen LogP contribution is -2.44. The zero-order chi connectivity index (χ0) is 10.1. The van der Waals surface area contributed by atoms with Crippen LogP contribution in [0, 0.1) is 5.92 Å². The van der Waals surface area contributed by atoms with E-state index in [1.165, 1.54) is 30.8 Å². The maximum atomic E-state index is 2.63. The quantitative estimate of drug-likeness (QED) is 0.606. The van der Waals surface area contributed by atoms with Gasteiger partial charge in [0.05, 0.1) is 26.7 Å². The maximum absolute atomic E-state index is 2.63. The summed E-state index contributed by atoms with van der Waals surface area (Å²) < 4.78 is 1.23. The van der Waals surface area contributed by atoms with Gasteiger partial charge in [0.2, 0.25) is 0 Å². The number of quaternary nitrogens is 1. The van der Waals surface area contributed by atoms with Crippen molar-refractivity contribution in [1.82, 2.24) is 4.90 Å². The van der Waals surface area contributed by atoms with Gasteiger partial charge in [-0.3, -0.25) is 0 Å². The highest BCUT2D eigenvalue weighted by Crippen LogP contribution is 2.19. The summed E-state index contributed by atoms with van der Waals surface area (Å²) in [6.45, 7) is 14.4. The van der Waals surface area contributed by atoms with Crippen LogP contribution in [-0.4, -0.2) is 48.8 Å². The van der Waals surface area contributed by atoms with Crippen LogP contribution >= 0.6 is 0 Å². The van der Waals surface area contributed by atoms with Gasteiger partial charge in [0.15, 0.2) is 0 Å². The van der Waals surface area contributed by atoms with Crippen molar-refractivity contribution < 1.29 is 4.48 Å². The Morgan fingerprint density at radius 2 is 1.92 bits per heavy atom. The summed E-state index contributed by atoms with van der Waals surface area (Å²) in [5.41, 5.74) is 0. The van der Waals surface area contributed by atoms with E-state index in [1.54, 1.807) is 0 Å².